The topological polar surface area (TPSA) is 113 Å². The molecule has 1 aromatic carbocycles. The van der Waals surface area contributed by atoms with E-state index in [1.165, 1.54) is 16.4 Å². The molecule has 0 aliphatic carbocycles. The van der Waals surface area contributed by atoms with Gasteiger partial charge in [0.2, 0.25) is 10.0 Å². The highest BCUT2D eigenvalue weighted by atomic mass is 32.2. The van der Waals surface area contributed by atoms with Crippen LogP contribution in [0.25, 0.3) is 0 Å². The van der Waals surface area contributed by atoms with Gasteiger partial charge in [-0.25, -0.2) is 8.42 Å². The fraction of sp³-hybridized carbons (Fsp3) is 0.647. The zero-order valence-corrected chi connectivity index (χ0v) is 16.0. The van der Waals surface area contributed by atoms with Crippen LogP contribution in [0.2, 0.25) is 0 Å². The third kappa shape index (κ3) is 4.72. The second-order valence-electron chi connectivity index (χ2n) is 6.93. The largest absolute Gasteiger partial charge is 0.394 e. The van der Waals surface area contributed by atoms with E-state index in [1.807, 2.05) is 13.8 Å². The third-order valence-corrected chi connectivity index (χ3v) is 6.61. The van der Waals surface area contributed by atoms with E-state index >= 15 is 0 Å². The number of hydrogen-bond donors (Lipinski definition) is 2. The van der Waals surface area contributed by atoms with Crippen molar-refractivity contribution in [3.8, 4) is 0 Å². The van der Waals surface area contributed by atoms with Crippen molar-refractivity contribution in [2.75, 3.05) is 25.0 Å². The molecule has 1 aliphatic rings. The highest BCUT2D eigenvalue weighted by Crippen LogP contribution is 2.30. The van der Waals surface area contributed by atoms with Crippen molar-refractivity contribution < 1.29 is 18.4 Å². The Bertz CT molecular complexity index is 728. The lowest BCUT2D eigenvalue weighted by Crippen LogP contribution is -2.32. The molecule has 26 heavy (non-hydrogen) atoms. The summed E-state index contributed by atoms with van der Waals surface area (Å²) in [6, 6.07) is 3.55. The Labute approximate surface area is 154 Å². The monoisotopic (exact) mass is 385 g/mol. The van der Waals surface area contributed by atoms with E-state index in [2.05, 4.69) is 5.32 Å². The number of nitro benzene ring substituents is 1. The number of aliphatic hydroxyl groups excluding tert-OH is 1. The number of sulfonamides is 1. The van der Waals surface area contributed by atoms with Gasteiger partial charge < -0.3 is 10.4 Å². The molecule has 0 bridgehead atoms. The summed E-state index contributed by atoms with van der Waals surface area (Å²) in [5.41, 5.74) is -0.0995. The Morgan fingerprint density at radius 2 is 1.85 bits per heavy atom. The molecular weight excluding hydrogens is 358 g/mol. The fourth-order valence-electron chi connectivity index (χ4n) is 3.00. The Kier molecular flexibility index (Phi) is 6.96. The summed E-state index contributed by atoms with van der Waals surface area (Å²) in [6.45, 7) is 4.48. The molecule has 0 radical (unpaired) electrons. The minimum absolute atomic E-state index is 0.0557. The lowest BCUT2D eigenvalue weighted by molar-refractivity contribution is -0.384. The van der Waals surface area contributed by atoms with Crippen molar-refractivity contribution in [3.63, 3.8) is 0 Å². The number of nitro groups is 1. The Hall–Kier alpha value is -1.71. The first-order valence-corrected chi connectivity index (χ1v) is 10.4. The normalized spacial score (nSPS) is 17.7. The van der Waals surface area contributed by atoms with Gasteiger partial charge in [0, 0.05) is 19.2 Å². The van der Waals surface area contributed by atoms with E-state index in [4.69, 9.17) is 0 Å². The van der Waals surface area contributed by atoms with Gasteiger partial charge in [-0.05, 0) is 30.9 Å². The smallest absolute Gasteiger partial charge is 0.293 e. The van der Waals surface area contributed by atoms with Crippen LogP contribution in [0.3, 0.4) is 0 Å². The second-order valence-corrected chi connectivity index (χ2v) is 8.87. The molecule has 0 spiro atoms. The standard InChI is InChI=1S/C17H27N3O5S/c1-13(2)16(12-21)18-15-8-7-14(11-17(15)20(22)23)26(24,25)19-9-5-3-4-6-10-19/h7-8,11,13,16,18,21H,3-6,9-10,12H2,1-2H3/t16-/m1/s1. The molecule has 0 unspecified atom stereocenters. The van der Waals surface area contributed by atoms with Crippen LogP contribution in [0.15, 0.2) is 23.1 Å². The van der Waals surface area contributed by atoms with Crippen LogP contribution < -0.4 is 5.32 Å². The minimum atomic E-state index is -3.76. The average Bonchev–Trinajstić information content (AvgIpc) is 2.89. The van der Waals surface area contributed by atoms with E-state index in [9.17, 15) is 23.6 Å². The number of rotatable bonds is 7. The van der Waals surface area contributed by atoms with Gasteiger partial charge in [0.05, 0.1) is 22.5 Å². The van der Waals surface area contributed by atoms with Crippen LogP contribution in [0.1, 0.15) is 39.5 Å². The molecule has 146 valence electrons. The number of aliphatic hydroxyl groups is 1. The van der Waals surface area contributed by atoms with Crippen molar-refractivity contribution in [1.29, 1.82) is 0 Å². The molecule has 8 nitrogen and oxygen atoms in total. The number of nitrogens with zero attached hydrogens (tertiary/aromatic N) is 2. The number of nitrogens with one attached hydrogen (secondary N) is 1. The molecule has 0 saturated carbocycles. The first-order chi connectivity index (χ1) is 12.3. The molecule has 1 aromatic rings. The molecule has 0 amide bonds. The lowest BCUT2D eigenvalue weighted by Gasteiger charge is -2.22. The van der Waals surface area contributed by atoms with E-state index in [-0.39, 0.29) is 34.8 Å². The van der Waals surface area contributed by atoms with Crippen LogP contribution >= 0.6 is 0 Å². The summed E-state index contributed by atoms with van der Waals surface area (Å²) in [6.07, 6.45) is 3.58. The first kappa shape index (κ1) is 20.6. The molecule has 2 rings (SSSR count). The van der Waals surface area contributed by atoms with Crippen LogP contribution in [-0.2, 0) is 10.0 Å². The van der Waals surface area contributed by atoms with Crippen molar-refractivity contribution >= 4 is 21.4 Å². The van der Waals surface area contributed by atoms with Gasteiger partial charge in [-0.2, -0.15) is 4.31 Å². The van der Waals surface area contributed by atoms with Gasteiger partial charge in [0.1, 0.15) is 5.69 Å². The van der Waals surface area contributed by atoms with Gasteiger partial charge in [0.15, 0.2) is 0 Å². The number of hydrogen-bond acceptors (Lipinski definition) is 6. The van der Waals surface area contributed by atoms with Crippen molar-refractivity contribution in [2.24, 2.45) is 5.92 Å². The van der Waals surface area contributed by atoms with E-state index in [0.29, 0.717) is 13.1 Å². The molecule has 1 saturated heterocycles. The Morgan fingerprint density at radius 1 is 1.23 bits per heavy atom. The maximum absolute atomic E-state index is 12.9. The summed E-state index contributed by atoms with van der Waals surface area (Å²) >= 11 is 0. The summed E-state index contributed by atoms with van der Waals surface area (Å²) in [5.74, 6) is 0.0557. The Balaban J connectivity index is 2.36. The highest BCUT2D eigenvalue weighted by Gasteiger charge is 2.28. The number of anilines is 1. The summed E-state index contributed by atoms with van der Waals surface area (Å²) in [4.78, 5) is 10.8. The predicted molar refractivity (Wildman–Crippen MR) is 99.7 cm³/mol. The molecule has 1 aliphatic heterocycles. The summed E-state index contributed by atoms with van der Waals surface area (Å²) in [5, 5.41) is 23.8. The number of benzene rings is 1. The SMILES string of the molecule is CC(C)[C@@H](CO)Nc1ccc(S(=O)(=O)N2CCCCCC2)cc1[N+](=O)[O-]. The highest BCUT2D eigenvalue weighted by molar-refractivity contribution is 7.89. The van der Waals surface area contributed by atoms with Gasteiger partial charge in [-0.15, -0.1) is 0 Å². The molecule has 1 atom stereocenters. The maximum atomic E-state index is 12.9. The van der Waals surface area contributed by atoms with E-state index in [0.717, 1.165) is 31.7 Å². The van der Waals surface area contributed by atoms with Gasteiger partial charge in [0.25, 0.3) is 5.69 Å². The molecule has 1 heterocycles. The predicted octanol–water partition coefficient (Wildman–Crippen LogP) is 2.59. The zero-order chi connectivity index (χ0) is 19.3. The van der Waals surface area contributed by atoms with Gasteiger partial charge >= 0.3 is 0 Å². The zero-order valence-electron chi connectivity index (χ0n) is 15.2. The summed E-state index contributed by atoms with van der Waals surface area (Å²) < 4.78 is 27.1. The molecular formula is C17H27N3O5S. The average molecular weight is 385 g/mol. The van der Waals surface area contributed by atoms with Gasteiger partial charge in [-0.1, -0.05) is 26.7 Å². The van der Waals surface area contributed by atoms with Crippen molar-refractivity contribution in [2.45, 2.75) is 50.5 Å². The first-order valence-electron chi connectivity index (χ1n) is 8.93. The third-order valence-electron chi connectivity index (χ3n) is 4.71. The van der Waals surface area contributed by atoms with Crippen molar-refractivity contribution in [1.82, 2.24) is 4.31 Å². The summed E-state index contributed by atoms with van der Waals surface area (Å²) in [7, 11) is -3.76. The van der Waals surface area contributed by atoms with Crippen molar-refractivity contribution in [3.05, 3.63) is 28.3 Å². The van der Waals surface area contributed by atoms with Crippen LogP contribution in [0.5, 0.6) is 0 Å². The minimum Gasteiger partial charge on any atom is -0.394 e. The maximum Gasteiger partial charge on any atom is 0.293 e. The van der Waals surface area contributed by atoms with Crippen LogP contribution in [0.4, 0.5) is 11.4 Å². The molecule has 9 heteroatoms. The molecule has 1 fully saturated rings. The fourth-order valence-corrected chi connectivity index (χ4v) is 4.54. The van der Waals surface area contributed by atoms with Crippen LogP contribution in [0, 0.1) is 16.0 Å². The second kappa shape index (κ2) is 8.79. The molecule has 0 aromatic heterocycles. The Morgan fingerprint density at radius 3 is 2.35 bits per heavy atom. The van der Waals surface area contributed by atoms with Crippen LogP contribution in [-0.4, -0.2) is 48.5 Å². The van der Waals surface area contributed by atoms with Gasteiger partial charge in [-0.3, -0.25) is 10.1 Å². The van der Waals surface area contributed by atoms with E-state index in [1.54, 1.807) is 0 Å². The lowest BCUT2D eigenvalue weighted by atomic mass is 10.0. The van der Waals surface area contributed by atoms with E-state index < -0.39 is 14.9 Å². The quantitative estimate of drug-likeness (QED) is 0.551. The molecule has 2 N–H and O–H groups in total.